The highest BCUT2D eigenvalue weighted by Gasteiger charge is 2.35. The number of Topliss-reactive ketones (excluding diaryl/α,β-unsaturated/α-hetero) is 4. The van der Waals surface area contributed by atoms with E-state index >= 15 is 0 Å². The van der Waals surface area contributed by atoms with Crippen molar-refractivity contribution >= 4 is 127 Å². The van der Waals surface area contributed by atoms with E-state index in [4.69, 9.17) is 29.6 Å². The largest absolute Gasteiger partial charge is 0.481 e. The van der Waals surface area contributed by atoms with Crippen molar-refractivity contribution in [2.75, 3.05) is 95.6 Å². The molecule has 8 N–H and O–H groups in total. The molecule has 28 heteroatoms. The Morgan fingerprint density at radius 3 is 1.50 bits per heavy atom. The molecular weight excluding hydrogens is 1260 g/mol. The van der Waals surface area contributed by atoms with Crippen LogP contribution >= 0.6 is 63.9 Å². The third kappa shape index (κ3) is 49.0. The molecule has 0 aliphatic rings. The van der Waals surface area contributed by atoms with Gasteiger partial charge < -0.3 is 55.7 Å². The molecule has 3 amide bonds. The molecule has 0 aromatic heterocycles. The highest BCUT2D eigenvalue weighted by Crippen LogP contribution is 2.43. The number of unbranched alkanes of at least 4 members (excludes halogenated alkanes) is 14. The lowest BCUT2D eigenvalue weighted by atomic mass is 9.98. The summed E-state index contributed by atoms with van der Waals surface area (Å²) in [5.74, 6) is -3.74. The number of aliphatic carboxylic acids is 2. The predicted molar refractivity (Wildman–Crippen MR) is 355 cm³/mol. The average molecular weight is 1360 g/mol. The summed E-state index contributed by atoms with van der Waals surface area (Å²) in [6.45, 7) is 7.38. The van der Waals surface area contributed by atoms with E-state index in [2.05, 4.69) is 28.6 Å². The fourth-order valence-corrected chi connectivity index (χ4v) is 15.9. The standard InChI is InChI=1S/C60H105N4O18PS5/c1-44(40-85-87-42-46(3)60(78)84)51(68)36-48(43-88-86-41-45(2)52(69)37-65)59(77)83(61)53(47(4)66)23-19-20-28-62-55(71)38-82-35-33-80-31-29-63-56(72)39-81-34-32-79-30-21-22-49(67)26-27-50(58(75)76)64-54(70)24-17-15-13-11-9-7-5-6-8-10-12-14-16-18-25-57(73)74/h44-46,48,50,53,65H,5-43,61H2,1-4H3,(H,62,71)(H,63,72)(H,64,70)(H,73,74)(H,75,76)(H,78,84)/t44-,45-,46-,48-,50-,53-,83?/m0/s1. The Morgan fingerprint density at radius 2 is 0.989 bits per heavy atom. The van der Waals surface area contributed by atoms with E-state index in [0.717, 1.165) is 44.9 Å². The van der Waals surface area contributed by atoms with Crippen molar-refractivity contribution in [1.29, 1.82) is 0 Å². The molecule has 0 saturated heterocycles. The van der Waals surface area contributed by atoms with Crippen molar-refractivity contribution in [2.45, 2.75) is 193 Å². The van der Waals surface area contributed by atoms with Crippen molar-refractivity contribution < 1.29 is 87.0 Å². The Hall–Kier alpha value is -2.69. The molecule has 0 fully saturated rings. The highest BCUT2D eigenvalue weighted by atomic mass is 33.1. The van der Waals surface area contributed by atoms with E-state index in [9.17, 15) is 63.0 Å². The molecule has 0 aromatic carbocycles. The molecule has 0 radical (unpaired) electrons. The van der Waals surface area contributed by atoms with Gasteiger partial charge >= 0.3 is 11.9 Å². The second kappa shape index (κ2) is 57.0. The van der Waals surface area contributed by atoms with Crippen molar-refractivity contribution in [1.82, 2.24) is 16.0 Å². The van der Waals surface area contributed by atoms with E-state index in [1.54, 1.807) is 20.8 Å². The number of carbonyl (C=O) groups excluding carboxylic acids is 9. The number of nitrogens with two attached hydrogens (primary N) is 1. The Labute approximate surface area is 545 Å². The molecule has 0 aromatic rings. The summed E-state index contributed by atoms with van der Waals surface area (Å²) in [7, 11) is 3.71. The van der Waals surface area contributed by atoms with Gasteiger partial charge in [-0.3, -0.25) is 47.9 Å². The minimum absolute atomic E-state index is 0.0110. The van der Waals surface area contributed by atoms with Crippen LogP contribution in [-0.2, 0) is 71.7 Å². The molecule has 0 heterocycles. The van der Waals surface area contributed by atoms with Crippen LogP contribution in [0.25, 0.3) is 0 Å². The maximum Gasteiger partial charge on any atom is 0.326 e. The summed E-state index contributed by atoms with van der Waals surface area (Å²) in [4.78, 5) is 135. The third-order valence-corrected chi connectivity index (χ3v) is 22.1. The number of carbonyl (C=O) groups is 11. The van der Waals surface area contributed by atoms with Gasteiger partial charge in [0, 0.05) is 107 Å². The van der Waals surface area contributed by atoms with E-state index in [1.807, 2.05) is 0 Å². The molecule has 1 unspecified atom stereocenters. The van der Waals surface area contributed by atoms with Gasteiger partial charge in [0.2, 0.25) is 17.7 Å². The fraction of sp³-hybridized carbons (Fsp3) is 0.817. The normalized spacial score (nSPS) is 13.8. The van der Waals surface area contributed by atoms with Crippen LogP contribution in [0.4, 0.5) is 0 Å². The van der Waals surface area contributed by atoms with E-state index in [-0.39, 0.29) is 167 Å². The number of hydrogen-bond acceptors (Lipinski definition) is 21. The van der Waals surface area contributed by atoms with Crippen molar-refractivity contribution in [2.24, 2.45) is 29.2 Å². The number of carboxylic acids is 2. The molecule has 7 atom stereocenters. The van der Waals surface area contributed by atoms with Crippen LogP contribution in [0.5, 0.6) is 0 Å². The third-order valence-electron chi connectivity index (χ3n) is 14.1. The first-order valence-corrected chi connectivity index (χ1v) is 38.1. The number of amides is 3. The number of rotatable bonds is 64. The Morgan fingerprint density at radius 1 is 0.511 bits per heavy atom. The number of ether oxygens (including phenoxy) is 4. The van der Waals surface area contributed by atoms with Crippen LogP contribution in [-0.4, -0.2) is 186 Å². The van der Waals surface area contributed by atoms with Crippen molar-refractivity contribution in [3.8, 4) is 0 Å². The van der Waals surface area contributed by atoms with Crippen molar-refractivity contribution in [3.05, 3.63) is 0 Å². The summed E-state index contributed by atoms with van der Waals surface area (Å²) in [6.07, 6.45) is 17.4. The summed E-state index contributed by atoms with van der Waals surface area (Å²) in [6, 6.07) is -1.13. The zero-order valence-corrected chi connectivity index (χ0v) is 57.7. The van der Waals surface area contributed by atoms with Gasteiger partial charge in [-0.05, 0) is 45.4 Å². The lowest BCUT2D eigenvalue weighted by molar-refractivity contribution is -0.142. The van der Waals surface area contributed by atoms with E-state index in [0.29, 0.717) is 55.9 Å². The molecule has 0 aliphatic carbocycles. The lowest BCUT2D eigenvalue weighted by Gasteiger charge is -2.25. The van der Waals surface area contributed by atoms with Crippen LogP contribution in [0.3, 0.4) is 0 Å². The number of aliphatic hydroxyl groups is 1. The van der Waals surface area contributed by atoms with Crippen LogP contribution in [0.15, 0.2) is 0 Å². The lowest BCUT2D eigenvalue weighted by Crippen LogP contribution is -2.41. The van der Waals surface area contributed by atoms with Crippen LogP contribution in [0.2, 0.25) is 0 Å². The quantitative estimate of drug-likeness (QED) is 0.0122. The Balaban J connectivity index is 4.21. The molecule has 0 spiro atoms. The molecule has 0 rings (SSSR count). The maximum absolute atomic E-state index is 13.9. The average Bonchev–Trinajstić information content (AvgIpc) is 2.68. The SMILES string of the molecule is CC(=O)[C@H](CCCCNC(=O)COCCOCCNC(=O)COCCOCCCC(=O)CC[C@H](NC(=O)CCCCCCCCCCCCCCCCC(=O)O)C(=O)O)P(N)C(=O)[C@H](CSSC[C@H](C)C(=O)CO)CC(=O)[C@@H](C)CSSC[C@H](C)C(=O)S. The van der Waals surface area contributed by atoms with Gasteiger partial charge in [0.15, 0.2) is 16.4 Å². The Kier molecular flexibility index (Phi) is 55.3. The summed E-state index contributed by atoms with van der Waals surface area (Å²) in [5, 5.41) is 35.2. The summed E-state index contributed by atoms with van der Waals surface area (Å²) in [5.41, 5.74) is 5.49. The van der Waals surface area contributed by atoms with Gasteiger partial charge in [0.25, 0.3) is 0 Å². The van der Waals surface area contributed by atoms with Gasteiger partial charge in [-0.2, -0.15) is 0 Å². The summed E-state index contributed by atoms with van der Waals surface area (Å²) >= 11 is 3.87. The highest BCUT2D eigenvalue weighted by molar-refractivity contribution is 8.77. The molecule has 0 aliphatic heterocycles. The number of nitrogens with one attached hydrogen (secondary N) is 3. The number of hydrogen-bond donors (Lipinski definition) is 8. The van der Waals surface area contributed by atoms with Crippen molar-refractivity contribution in [3.63, 3.8) is 0 Å². The van der Waals surface area contributed by atoms with E-state index in [1.165, 1.54) is 88.6 Å². The number of carboxylic acid groups (broad SMARTS) is 2. The van der Waals surface area contributed by atoms with Crippen LogP contribution in [0, 0.1) is 23.7 Å². The maximum atomic E-state index is 13.9. The van der Waals surface area contributed by atoms with Crippen LogP contribution in [0.1, 0.15) is 182 Å². The second-order valence-corrected chi connectivity index (χ2v) is 29.5. The first-order valence-electron chi connectivity index (χ1n) is 31.2. The number of thiol groups is 1. The number of aliphatic hydroxyl groups excluding tert-OH is 1. The Bertz CT molecular complexity index is 2020. The first-order chi connectivity index (χ1) is 42.1. The molecular formula is C60H105N4O18PS5. The smallest absolute Gasteiger partial charge is 0.326 e. The number of ketones is 4. The monoisotopic (exact) mass is 1360 g/mol. The van der Waals surface area contributed by atoms with Gasteiger partial charge in [0.05, 0.1) is 38.7 Å². The zero-order chi connectivity index (χ0) is 65.7. The molecule has 508 valence electrons. The first kappa shape index (κ1) is 85.3. The molecule has 22 nitrogen and oxygen atoms in total. The molecule has 88 heavy (non-hydrogen) atoms. The molecule has 0 bridgehead atoms. The van der Waals surface area contributed by atoms with Gasteiger partial charge in [0.1, 0.15) is 43.2 Å². The van der Waals surface area contributed by atoms with Gasteiger partial charge in [-0.15, -0.1) is 12.6 Å². The van der Waals surface area contributed by atoms with Gasteiger partial charge in [-0.25, -0.2) is 4.79 Å². The van der Waals surface area contributed by atoms with Gasteiger partial charge in [-0.1, -0.05) is 147 Å². The van der Waals surface area contributed by atoms with E-state index < -0.39 is 50.2 Å². The van der Waals surface area contributed by atoms with Crippen LogP contribution < -0.4 is 21.5 Å². The minimum Gasteiger partial charge on any atom is -0.481 e. The fourth-order valence-electron chi connectivity index (χ4n) is 8.39. The minimum atomic E-state index is -1.95. The second-order valence-electron chi connectivity index (χ2n) is 22.1. The topological polar surface area (TPSA) is 347 Å². The zero-order valence-electron chi connectivity index (χ0n) is 52.6. The predicted octanol–water partition coefficient (Wildman–Crippen LogP) is 8.58. The molecule has 0 saturated carbocycles. The summed E-state index contributed by atoms with van der Waals surface area (Å²) < 4.78 is 21.7.